The van der Waals surface area contributed by atoms with Crippen molar-refractivity contribution in [2.24, 2.45) is 5.92 Å². The highest BCUT2D eigenvalue weighted by Crippen LogP contribution is 2.24. The fourth-order valence-corrected chi connectivity index (χ4v) is 2.74. The number of carbonyl (C=O) groups is 4. The minimum Gasteiger partial charge on any atom is -0.454 e. The zero-order chi connectivity index (χ0) is 21.8. The number of benzene rings is 1. The molecule has 0 saturated carbocycles. The number of nitrogens with one attached hydrogen (secondary N) is 2. The second-order valence-electron chi connectivity index (χ2n) is 7.42. The largest absolute Gasteiger partial charge is 0.454 e. The van der Waals surface area contributed by atoms with Crippen LogP contribution in [0.3, 0.4) is 0 Å². The molecule has 0 unspecified atom stereocenters. The Hall–Kier alpha value is -3.04. The van der Waals surface area contributed by atoms with Crippen LogP contribution < -0.4 is 10.6 Å². The highest BCUT2D eigenvalue weighted by atomic mass is 19.1. The summed E-state index contributed by atoms with van der Waals surface area (Å²) in [6.07, 6.45) is 1.13. The number of halogens is 2. The second-order valence-corrected chi connectivity index (χ2v) is 7.42. The monoisotopic (exact) mass is 411 g/mol. The summed E-state index contributed by atoms with van der Waals surface area (Å²) in [5.74, 6) is -3.83. The number of esters is 1. The lowest BCUT2D eigenvalue weighted by atomic mass is 9.92. The van der Waals surface area contributed by atoms with Gasteiger partial charge in [0.15, 0.2) is 6.61 Å². The molecule has 1 aliphatic rings. The van der Waals surface area contributed by atoms with E-state index in [9.17, 15) is 28.0 Å². The number of ether oxygens (including phenoxy) is 1. The molecule has 2 N–H and O–H groups in total. The van der Waals surface area contributed by atoms with E-state index in [2.05, 4.69) is 10.6 Å². The van der Waals surface area contributed by atoms with E-state index in [0.29, 0.717) is 24.8 Å². The van der Waals surface area contributed by atoms with Crippen LogP contribution in [0.5, 0.6) is 0 Å². The zero-order valence-corrected chi connectivity index (χ0v) is 16.4. The minimum absolute atomic E-state index is 0.275. The maximum absolute atomic E-state index is 13.5. The van der Waals surface area contributed by atoms with Gasteiger partial charge in [-0.1, -0.05) is 13.8 Å². The third-order valence-electron chi connectivity index (χ3n) is 4.42. The third-order valence-corrected chi connectivity index (χ3v) is 4.42. The standard InChI is InChI=1S/C19H23F2N3O5/c1-11(2)6-7-19(3)17(27)24(18(28)23-19)9-16(26)29-10-15(25)22-14-5-4-12(20)8-13(14)21/h4-5,8,11H,6-7,9-10H2,1-3H3,(H,22,25)(H,23,28)/t19-/m1/s1. The van der Waals surface area contributed by atoms with E-state index in [4.69, 9.17) is 4.74 Å². The number of carbonyl (C=O) groups excluding carboxylic acids is 4. The van der Waals surface area contributed by atoms with Crippen LogP contribution in [0.1, 0.15) is 33.6 Å². The normalized spacial score (nSPS) is 18.8. The summed E-state index contributed by atoms with van der Waals surface area (Å²) in [5, 5.41) is 4.70. The van der Waals surface area contributed by atoms with Gasteiger partial charge >= 0.3 is 12.0 Å². The lowest BCUT2D eigenvalue weighted by Crippen LogP contribution is -2.44. The molecule has 0 spiro atoms. The smallest absolute Gasteiger partial charge is 0.326 e. The van der Waals surface area contributed by atoms with Crippen molar-refractivity contribution in [3.8, 4) is 0 Å². The summed E-state index contributed by atoms with van der Waals surface area (Å²) in [4.78, 5) is 49.0. The van der Waals surface area contributed by atoms with Gasteiger partial charge in [-0.15, -0.1) is 0 Å². The SMILES string of the molecule is CC(C)CC[C@@]1(C)NC(=O)N(CC(=O)OCC(=O)Nc2ccc(F)cc2F)C1=O. The van der Waals surface area contributed by atoms with Gasteiger partial charge in [-0.2, -0.15) is 0 Å². The van der Waals surface area contributed by atoms with Crippen LogP contribution in [0, 0.1) is 17.6 Å². The van der Waals surface area contributed by atoms with Crippen LogP contribution >= 0.6 is 0 Å². The summed E-state index contributed by atoms with van der Waals surface area (Å²) in [5.41, 5.74) is -1.37. The Labute approximate surface area is 166 Å². The van der Waals surface area contributed by atoms with Gasteiger partial charge in [-0.25, -0.2) is 13.6 Å². The van der Waals surface area contributed by atoms with Crippen LogP contribution in [0.2, 0.25) is 0 Å². The van der Waals surface area contributed by atoms with Crippen molar-refractivity contribution >= 4 is 29.5 Å². The number of amides is 4. The van der Waals surface area contributed by atoms with E-state index >= 15 is 0 Å². The first-order valence-electron chi connectivity index (χ1n) is 9.06. The molecule has 2 rings (SSSR count). The molecule has 1 aromatic rings. The van der Waals surface area contributed by atoms with Gasteiger partial charge < -0.3 is 15.4 Å². The van der Waals surface area contributed by atoms with Crippen LogP contribution in [-0.2, 0) is 19.1 Å². The number of imide groups is 1. The number of rotatable bonds is 8. The molecule has 29 heavy (non-hydrogen) atoms. The van der Waals surface area contributed by atoms with Crippen molar-refractivity contribution in [1.82, 2.24) is 10.2 Å². The lowest BCUT2D eigenvalue weighted by molar-refractivity contribution is -0.150. The quantitative estimate of drug-likeness (QED) is 0.504. The maximum Gasteiger partial charge on any atom is 0.326 e. The Morgan fingerprint density at radius 3 is 2.59 bits per heavy atom. The van der Waals surface area contributed by atoms with Gasteiger partial charge in [0, 0.05) is 6.07 Å². The highest BCUT2D eigenvalue weighted by molar-refractivity contribution is 6.08. The van der Waals surface area contributed by atoms with Crippen molar-refractivity contribution in [1.29, 1.82) is 0 Å². The molecule has 1 aromatic carbocycles. The maximum atomic E-state index is 13.5. The van der Waals surface area contributed by atoms with Gasteiger partial charge in [0.2, 0.25) is 0 Å². The van der Waals surface area contributed by atoms with Gasteiger partial charge in [-0.05, 0) is 37.8 Å². The topological polar surface area (TPSA) is 105 Å². The Morgan fingerprint density at radius 1 is 1.28 bits per heavy atom. The van der Waals surface area contributed by atoms with E-state index in [1.165, 1.54) is 0 Å². The molecule has 1 fully saturated rings. The molecule has 0 aromatic heterocycles. The Kier molecular flexibility index (Phi) is 6.89. The summed E-state index contributed by atoms with van der Waals surface area (Å²) in [6.45, 7) is 4.15. The molecule has 10 heteroatoms. The Bertz CT molecular complexity index is 830. The van der Waals surface area contributed by atoms with Crippen LogP contribution in [0.25, 0.3) is 0 Å². The van der Waals surface area contributed by atoms with Gasteiger partial charge in [0.05, 0.1) is 5.69 Å². The summed E-state index contributed by atoms with van der Waals surface area (Å²) < 4.78 is 31.1. The molecule has 1 heterocycles. The Morgan fingerprint density at radius 2 is 1.97 bits per heavy atom. The van der Waals surface area contributed by atoms with Crippen molar-refractivity contribution in [3.63, 3.8) is 0 Å². The molecule has 0 aliphatic carbocycles. The van der Waals surface area contributed by atoms with Crippen LogP contribution in [-0.4, -0.2) is 47.4 Å². The fourth-order valence-electron chi connectivity index (χ4n) is 2.74. The van der Waals surface area contributed by atoms with Gasteiger partial charge in [0.25, 0.3) is 11.8 Å². The predicted octanol–water partition coefficient (Wildman–Crippen LogP) is 2.19. The van der Waals surface area contributed by atoms with Crippen molar-refractivity contribution in [3.05, 3.63) is 29.8 Å². The fraction of sp³-hybridized carbons (Fsp3) is 0.474. The van der Waals surface area contributed by atoms with E-state index < -0.39 is 54.1 Å². The molecule has 0 radical (unpaired) electrons. The first-order valence-corrected chi connectivity index (χ1v) is 9.06. The molecular formula is C19H23F2N3O5. The van der Waals surface area contributed by atoms with Crippen LogP contribution in [0.4, 0.5) is 19.3 Å². The molecule has 8 nitrogen and oxygen atoms in total. The third kappa shape index (κ3) is 5.72. The number of nitrogens with zero attached hydrogens (tertiary/aromatic N) is 1. The van der Waals surface area contributed by atoms with Crippen molar-refractivity contribution in [2.45, 2.75) is 39.2 Å². The molecule has 1 saturated heterocycles. The van der Waals surface area contributed by atoms with E-state index in [1.807, 2.05) is 13.8 Å². The molecule has 0 bridgehead atoms. The van der Waals surface area contributed by atoms with Gasteiger partial charge in [-0.3, -0.25) is 19.3 Å². The summed E-state index contributed by atoms with van der Waals surface area (Å²) in [6, 6.07) is 1.86. The molecule has 1 atom stereocenters. The second kappa shape index (κ2) is 8.97. The number of hydrogen-bond donors (Lipinski definition) is 2. The average Bonchev–Trinajstić information content (AvgIpc) is 2.84. The number of urea groups is 1. The lowest BCUT2D eigenvalue weighted by Gasteiger charge is -2.22. The van der Waals surface area contributed by atoms with Crippen LogP contribution in [0.15, 0.2) is 18.2 Å². The van der Waals surface area contributed by atoms with Gasteiger partial charge in [0.1, 0.15) is 23.7 Å². The predicted molar refractivity (Wildman–Crippen MR) is 98.7 cm³/mol. The zero-order valence-electron chi connectivity index (χ0n) is 16.4. The first-order chi connectivity index (χ1) is 13.5. The average molecular weight is 411 g/mol. The number of anilines is 1. The van der Waals surface area contributed by atoms with Crippen molar-refractivity contribution < 1.29 is 32.7 Å². The van der Waals surface area contributed by atoms with E-state index in [1.54, 1.807) is 6.92 Å². The minimum atomic E-state index is -1.10. The van der Waals surface area contributed by atoms with E-state index in [-0.39, 0.29) is 5.69 Å². The van der Waals surface area contributed by atoms with Crippen molar-refractivity contribution in [2.75, 3.05) is 18.5 Å². The molecule has 1 aliphatic heterocycles. The summed E-state index contributed by atoms with van der Waals surface area (Å²) in [7, 11) is 0. The summed E-state index contributed by atoms with van der Waals surface area (Å²) >= 11 is 0. The Balaban J connectivity index is 1.86. The molecule has 158 valence electrons. The number of hydrogen-bond acceptors (Lipinski definition) is 5. The van der Waals surface area contributed by atoms with E-state index in [0.717, 1.165) is 17.0 Å². The molecule has 4 amide bonds. The molecular weight excluding hydrogens is 388 g/mol. The highest BCUT2D eigenvalue weighted by Gasteiger charge is 2.48. The first kappa shape index (κ1) is 22.3.